The van der Waals surface area contributed by atoms with E-state index >= 15 is 0 Å². The fourth-order valence-corrected chi connectivity index (χ4v) is 2.59. The van der Waals surface area contributed by atoms with E-state index in [1.807, 2.05) is 0 Å². The Balaban J connectivity index is 1.23. The van der Waals surface area contributed by atoms with E-state index in [1.54, 1.807) is 24.3 Å². The Morgan fingerprint density at radius 3 is 2.96 bits per heavy atom. The summed E-state index contributed by atoms with van der Waals surface area (Å²) in [5.74, 6) is 1.13. The predicted octanol–water partition coefficient (Wildman–Crippen LogP) is 0.592. The first kappa shape index (κ1) is 17.1. The molecule has 3 aromatic rings. The van der Waals surface area contributed by atoms with E-state index in [2.05, 4.69) is 31.0 Å². The van der Waals surface area contributed by atoms with Gasteiger partial charge in [0.2, 0.25) is 0 Å². The van der Waals surface area contributed by atoms with Crippen molar-refractivity contribution in [2.24, 2.45) is 0 Å². The highest BCUT2D eigenvalue weighted by molar-refractivity contribution is 5.77. The molecule has 1 unspecified atom stereocenters. The first-order valence-electron chi connectivity index (χ1n) is 8.45. The summed E-state index contributed by atoms with van der Waals surface area (Å²) in [5.41, 5.74) is 0.788. The Morgan fingerprint density at radius 2 is 2.22 bits per heavy atom. The van der Waals surface area contributed by atoms with Crippen molar-refractivity contribution in [1.82, 2.24) is 35.7 Å². The van der Waals surface area contributed by atoms with Crippen LogP contribution < -0.4 is 10.1 Å². The van der Waals surface area contributed by atoms with Gasteiger partial charge < -0.3 is 19.3 Å². The third-order valence-electron chi connectivity index (χ3n) is 3.95. The second kappa shape index (κ2) is 7.91. The minimum absolute atomic E-state index is 0.124. The van der Waals surface area contributed by atoms with Crippen LogP contribution >= 0.6 is 0 Å². The Morgan fingerprint density at radius 1 is 1.33 bits per heavy atom. The molecule has 1 N–H and O–H groups in total. The molecular weight excluding hydrogens is 354 g/mol. The van der Waals surface area contributed by atoms with Crippen LogP contribution in [0.15, 0.2) is 35.1 Å². The summed E-state index contributed by atoms with van der Waals surface area (Å²) in [6.45, 7) is 0.741. The molecule has 1 amide bonds. The SMILES string of the molecule is O=C(COc1ccc(-n2cnnn2)cc1)NCc1noc(C2CCCO2)n1. The maximum Gasteiger partial charge on any atom is 0.258 e. The maximum atomic E-state index is 11.9. The molecule has 11 nitrogen and oxygen atoms in total. The van der Waals surface area contributed by atoms with Gasteiger partial charge in [0.25, 0.3) is 11.8 Å². The van der Waals surface area contributed by atoms with Crippen molar-refractivity contribution in [3.8, 4) is 11.4 Å². The lowest BCUT2D eigenvalue weighted by Crippen LogP contribution is -2.28. The highest BCUT2D eigenvalue weighted by Crippen LogP contribution is 2.26. The number of hydrogen-bond acceptors (Lipinski definition) is 9. The van der Waals surface area contributed by atoms with Crippen LogP contribution in [0.4, 0.5) is 0 Å². The van der Waals surface area contributed by atoms with Crippen LogP contribution in [-0.4, -0.2) is 49.5 Å². The van der Waals surface area contributed by atoms with Crippen molar-refractivity contribution < 1.29 is 18.8 Å². The Bertz CT molecular complexity index is 873. The van der Waals surface area contributed by atoms with Crippen LogP contribution in [0.25, 0.3) is 5.69 Å². The van der Waals surface area contributed by atoms with Gasteiger partial charge in [-0.25, -0.2) is 4.68 Å². The molecule has 3 heterocycles. The van der Waals surface area contributed by atoms with Gasteiger partial charge in [0, 0.05) is 6.61 Å². The number of carbonyl (C=O) groups is 1. The first-order valence-corrected chi connectivity index (χ1v) is 8.45. The molecule has 27 heavy (non-hydrogen) atoms. The molecule has 0 saturated carbocycles. The monoisotopic (exact) mass is 371 g/mol. The first-order chi connectivity index (χ1) is 13.3. The summed E-state index contributed by atoms with van der Waals surface area (Å²) in [6.07, 6.45) is 3.20. The average Bonchev–Trinajstić information content (AvgIpc) is 3.47. The molecule has 0 spiro atoms. The van der Waals surface area contributed by atoms with E-state index < -0.39 is 0 Å². The smallest absolute Gasteiger partial charge is 0.258 e. The zero-order valence-electron chi connectivity index (χ0n) is 14.3. The van der Waals surface area contributed by atoms with Crippen LogP contribution in [0.2, 0.25) is 0 Å². The Hall–Kier alpha value is -3.34. The lowest BCUT2D eigenvalue weighted by Gasteiger charge is -2.07. The standard InChI is InChI=1S/C16H17N7O4/c24-15(17-8-14-19-16(27-20-14)13-2-1-7-25-13)9-26-12-5-3-11(4-6-12)23-10-18-21-22-23/h3-6,10,13H,1-2,7-9H2,(H,17,24). The molecule has 2 aromatic heterocycles. The predicted molar refractivity (Wildman–Crippen MR) is 88.7 cm³/mol. The van der Waals surface area contributed by atoms with Gasteiger partial charge in [-0.1, -0.05) is 5.16 Å². The third-order valence-corrected chi connectivity index (χ3v) is 3.95. The summed E-state index contributed by atoms with van der Waals surface area (Å²) in [4.78, 5) is 16.2. The van der Waals surface area contributed by atoms with Crippen molar-refractivity contribution in [3.05, 3.63) is 42.3 Å². The van der Waals surface area contributed by atoms with E-state index in [4.69, 9.17) is 14.0 Å². The van der Waals surface area contributed by atoms with Crippen LogP contribution in [-0.2, 0) is 16.1 Å². The van der Waals surface area contributed by atoms with Gasteiger partial charge in [0.15, 0.2) is 12.4 Å². The number of rotatable bonds is 7. The van der Waals surface area contributed by atoms with E-state index in [-0.39, 0.29) is 25.2 Å². The average molecular weight is 371 g/mol. The molecule has 0 radical (unpaired) electrons. The summed E-state index contributed by atoms with van der Waals surface area (Å²) in [5, 5.41) is 17.5. The van der Waals surface area contributed by atoms with Crippen LogP contribution in [0.5, 0.6) is 5.75 Å². The van der Waals surface area contributed by atoms with Crippen LogP contribution in [0.1, 0.15) is 30.7 Å². The molecule has 140 valence electrons. The zero-order chi connectivity index (χ0) is 18.5. The molecule has 11 heteroatoms. The van der Waals surface area contributed by atoms with Gasteiger partial charge in [-0.3, -0.25) is 4.79 Å². The number of hydrogen-bond donors (Lipinski definition) is 1. The molecule has 4 rings (SSSR count). The summed E-state index contributed by atoms with van der Waals surface area (Å²) in [6, 6.07) is 7.04. The largest absolute Gasteiger partial charge is 0.484 e. The van der Waals surface area contributed by atoms with E-state index in [9.17, 15) is 4.79 Å². The van der Waals surface area contributed by atoms with E-state index in [0.29, 0.717) is 24.1 Å². The minimum Gasteiger partial charge on any atom is -0.484 e. The van der Waals surface area contributed by atoms with Crippen molar-refractivity contribution in [1.29, 1.82) is 0 Å². The number of ether oxygens (including phenoxy) is 2. The normalized spacial score (nSPS) is 16.4. The molecule has 1 saturated heterocycles. The number of nitrogens with zero attached hydrogens (tertiary/aromatic N) is 6. The second-order valence-electron chi connectivity index (χ2n) is 5.86. The molecule has 1 atom stereocenters. The molecule has 0 aliphatic carbocycles. The zero-order valence-corrected chi connectivity index (χ0v) is 14.3. The fraction of sp³-hybridized carbons (Fsp3) is 0.375. The van der Waals surface area contributed by atoms with Crippen molar-refractivity contribution >= 4 is 5.91 Å². The highest BCUT2D eigenvalue weighted by atomic mass is 16.5. The quantitative estimate of drug-likeness (QED) is 0.634. The number of carbonyl (C=O) groups excluding carboxylic acids is 1. The molecule has 1 aromatic carbocycles. The third kappa shape index (κ3) is 4.26. The Labute approximate surface area is 153 Å². The van der Waals surface area contributed by atoms with Crippen molar-refractivity contribution in [2.75, 3.05) is 13.2 Å². The maximum absolute atomic E-state index is 11.9. The number of amides is 1. The number of nitrogens with one attached hydrogen (secondary N) is 1. The van der Waals surface area contributed by atoms with Gasteiger partial charge >= 0.3 is 0 Å². The minimum atomic E-state index is -0.289. The molecular formula is C16H17N7O4. The van der Waals surface area contributed by atoms with E-state index in [0.717, 1.165) is 18.5 Å². The molecule has 0 bridgehead atoms. The summed E-state index contributed by atoms with van der Waals surface area (Å²) >= 11 is 0. The van der Waals surface area contributed by atoms with Crippen molar-refractivity contribution in [3.63, 3.8) is 0 Å². The lowest BCUT2D eigenvalue weighted by atomic mass is 10.2. The summed E-state index contributed by atoms with van der Waals surface area (Å²) < 4.78 is 17.6. The highest BCUT2D eigenvalue weighted by Gasteiger charge is 2.23. The number of benzene rings is 1. The van der Waals surface area contributed by atoms with Gasteiger partial charge in [0.1, 0.15) is 18.2 Å². The Kier molecular flexibility index (Phi) is 5.01. The van der Waals surface area contributed by atoms with E-state index in [1.165, 1.54) is 11.0 Å². The molecule has 1 fully saturated rings. The molecule has 1 aliphatic heterocycles. The molecule has 1 aliphatic rings. The topological polar surface area (TPSA) is 130 Å². The van der Waals surface area contributed by atoms with Crippen LogP contribution in [0.3, 0.4) is 0 Å². The van der Waals surface area contributed by atoms with Gasteiger partial charge in [-0.05, 0) is 47.5 Å². The van der Waals surface area contributed by atoms with Gasteiger partial charge in [-0.2, -0.15) is 4.98 Å². The fourth-order valence-electron chi connectivity index (χ4n) is 2.59. The lowest BCUT2D eigenvalue weighted by molar-refractivity contribution is -0.123. The second-order valence-corrected chi connectivity index (χ2v) is 5.86. The van der Waals surface area contributed by atoms with Crippen molar-refractivity contribution in [2.45, 2.75) is 25.5 Å². The van der Waals surface area contributed by atoms with Gasteiger partial charge in [-0.15, -0.1) is 5.10 Å². The number of aromatic nitrogens is 6. The number of tetrazole rings is 1. The van der Waals surface area contributed by atoms with Gasteiger partial charge in [0.05, 0.1) is 12.2 Å². The summed E-state index contributed by atoms with van der Waals surface area (Å²) in [7, 11) is 0. The van der Waals surface area contributed by atoms with Crippen LogP contribution in [0, 0.1) is 0 Å².